The van der Waals surface area contributed by atoms with Gasteiger partial charge in [0.1, 0.15) is 5.15 Å². The van der Waals surface area contributed by atoms with Crippen molar-refractivity contribution in [1.82, 2.24) is 4.98 Å². The van der Waals surface area contributed by atoms with Crippen LogP contribution in [-0.2, 0) is 0 Å². The Morgan fingerprint density at radius 3 is 2.38 bits per heavy atom. The molecule has 0 atom stereocenters. The Kier molecular flexibility index (Phi) is 4.86. The van der Waals surface area contributed by atoms with Crippen LogP contribution < -0.4 is 56.8 Å². The Bertz CT molecular complexity index is 518. The molecule has 1 aromatic heterocycles. The van der Waals surface area contributed by atoms with Crippen molar-refractivity contribution < 1.29 is 64.3 Å². The van der Waals surface area contributed by atoms with Gasteiger partial charge >= 0.3 is 58.4 Å². The molecule has 1 nitrogen and oxygen atoms in total. The van der Waals surface area contributed by atoms with Crippen molar-refractivity contribution in [3.63, 3.8) is 0 Å². The van der Waals surface area contributed by atoms with Crippen molar-refractivity contribution in [2.75, 3.05) is 0 Å². The van der Waals surface area contributed by atoms with Crippen LogP contribution in [0.4, 0.5) is 12.9 Å². The van der Waals surface area contributed by atoms with Gasteiger partial charge in [0.05, 0.1) is 0 Å². The number of fused-ring (bicyclic) bond motifs is 1. The molecule has 0 bridgehead atoms. The minimum absolute atomic E-state index is 0. The smallest absolute Gasteiger partial charge is 0.445 e. The number of halogens is 4. The molecule has 0 saturated heterocycles. The topological polar surface area (TPSA) is 12.9 Å². The van der Waals surface area contributed by atoms with Gasteiger partial charge in [-0.3, -0.25) is 0 Å². The zero-order valence-electron chi connectivity index (χ0n) is 8.42. The summed E-state index contributed by atoms with van der Waals surface area (Å²) in [5.41, 5.74) is -0.619. The molecule has 2 rings (SSSR count). The van der Waals surface area contributed by atoms with Gasteiger partial charge in [-0.25, -0.2) is 4.98 Å². The summed E-state index contributed by atoms with van der Waals surface area (Å²) >= 11 is 5.62. The van der Waals surface area contributed by atoms with Gasteiger partial charge in [0.15, 0.2) is 0 Å². The van der Waals surface area contributed by atoms with E-state index in [1.54, 1.807) is 0 Å². The molecule has 7 heteroatoms. The summed E-state index contributed by atoms with van der Waals surface area (Å²) in [6.07, 6.45) is 1.34. The van der Waals surface area contributed by atoms with Gasteiger partial charge in [-0.05, 0) is 16.8 Å². The van der Waals surface area contributed by atoms with Crippen LogP contribution in [0.2, 0.25) is 5.15 Å². The third kappa shape index (κ3) is 3.21. The first kappa shape index (κ1) is 14.5. The molecule has 0 aliphatic heterocycles. The van der Waals surface area contributed by atoms with Crippen LogP contribution in [-0.4, -0.2) is 12.0 Å². The molecule has 0 aliphatic rings. The summed E-state index contributed by atoms with van der Waals surface area (Å²) in [6, 6.07) is 5.06. The normalized spacial score (nSPS) is 11.2. The number of rotatable bonds is 1. The maximum absolute atomic E-state index is 12.4. The molecule has 1 aromatic carbocycles. The van der Waals surface area contributed by atoms with Crippen LogP contribution in [0, 0.1) is 0 Å². The molecule has 0 unspecified atom stereocenters. The molecule has 0 N–H and O–H groups in total. The Morgan fingerprint density at radius 1 is 1.06 bits per heavy atom. The van der Waals surface area contributed by atoms with Crippen LogP contribution in [0.25, 0.3) is 10.8 Å². The summed E-state index contributed by atoms with van der Waals surface area (Å²) in [6.45, 7) is -4.96. The van der Waals surface area contributed by atoms with E-state index in [4.69, 9.17) is 11.6 Å². The van der Waals surface area contributed by atoms with Gasteiger partial charge in [0.2, 0.25) is 0 Å². The fourth-order valence-electron chi connectivity index (χ4n) is 1.34. The molecule has 0 radical (unpaired) electrons. The van der Waals surface area contributed by atoms with E-state index in [2.05, 4.69) is 4.98 Å². The summed E-state index contributed by atoms with van der Waals surface area (Å²) < 4.78 is 37.2. The van der Waals surface area contributed by atoms with E-state index < -0.39 is 12.4 Å². The van der Waals surface area contributed by atoms with E-state index in [1.165, 1.54) is 18.3 Å². The largest absolute Gasteiger partial charge is 1.00 e. The van der Waals surface area contributed by atoms with Crippen LogP contribution in [0.5, 0.6) is 0 Å². The van der Waals surface area contributed by atoms with Crippen molar-refractivity contribution in [2.24, 2.45) is 0 Å². The molecular formula is C9H5BClF3KN. The van der Waals surface area contributed by atoms with Gasteiger partial charge in [-0.2, -0.15) is 0 Å². The zero-order valence-corrected chi connectivity index (χ0v) is 12.3. The third-order valence-corrected chi connectivity index (χ3v) is 2.30. The zero-order chi connectivity index (χ0) is 11.1. The van der Waals surface area contributed by atoms with Crippen molar-refractivity contribution in [1.29, 1.82) is 0 Å². The van der Waals surface area contributed by atoms with Crippen molar-refractivity contribution in [3.8, 4) is 0 Å². The number of nitrogens with zero attached hydrogens (tertiary/aromatic N) is 1. The van der Waals surface area contributed by atoms with Gasteiger partial charge in [-0.15, -0.1) is 5.46 Å². The SMILES string of the molecule is F[B-](F)(F)c1ccc2cc(Cl)ncc2c1.[K+]. The van der Waals surface area contributed by atoms with Gasteiger partial charge in [-0.1, -0.05) is 29.8 Å². The van der Waals surface area contributed by atoms with E-state index in [1.807, 2.05) is 0 Å². The second-order valence-electron chi connectivity index (χ2n) is 3.19. The maximum atomic E-state index is 12.4. The first-order valence-electron chi connectivity index (χ1n) is 4.22. The fourth-order valence-corrected chi connectivity index (χ4v) is 1.50. The molecule has 0 amide bonds. The van der Waals surface area contributed by atoms with Gasteiger partial charge < -0.3 is 12.9 Å². The molecule has 0 aliphatic carbocycles. The monoisotopic (exact) mass is 269 g/mol. The van der Waals surface area contributed by atoms with Crippen LogP contribution in [0.3, 0.4) is 0 Å². The second-order valence-corrected chi connectivity index (χ2v) is 3.58. The number of benzene rings is 1. The van der Waals surface area contributed by atoms with Crippen molar-refractivity contribution in [2.45, 2.75) is 0 Å². The third-order valence-electron chi connectivity index (χ3n) is 2.09. The van der Waals surface area contributed by atoms with E-state index >= 15 is 0 Å². The minimum Gasteiger partial charge on any atom is -0.445 e. The number of hydrogen-bond donors (Lipinski definition) is 0. The van der Waals surface area contributed by atoms with Gasteiger partial charge in [0.25, 0.3) is 0 Å². The predicted molar refractivity (Wildman–Crippen MR) is 55.5 cm³/mol. The Labute approximate surface area is 138 Å². The molecule has 1 heterocycles. The molecule has 2 aromatic rings. The Balaban J connectivity index is 0.00000128. The predicted octanol–water partition coefficient (Wildman–Crippen LogP) is -0.0534. The van der Waals surface area contributed by atoms with Crippen molar-refractivity contribution in [3.05, 3.63) is 35.6 Å². The summed E-state index contributed by atoms with van der Waals surface area (Å²) in [5, 5.41) is 1.36. The molecule has 0 spiro atoms. The molecule has 16 heavy (non-hydrogen) atoms. The van der Waals surface area contributed by atoms with Gasteiger partial charge in [0, 0.05) is 6.20 Å². The number of aromatic nitrogens is 1. The van der Waals surface area contributed by atoms with E-state index in [-0.39, 0.29) is 56.5 Å². The second kappa shape index (κ2) is 5.37. The first-order valence-corrected chi connectivity index (χ1v) is 4.60. The van der Waals surface area contributed by atoms with Crippen LogP contribution >= 0.6 is 11.6 Å². The summed E-state index contributed by atoms with van der Waals surface area (Å²) in [4.78, 5) is 3.74. The maximum Gasteiger partial charge on any atom is 1.00 e. The standard InChI is InChI=1S/C9H5BClF3N.K/c11-9-4-6-1-2-8(10(12,13)14)3-7(6)5-15-9;/h1-5H;/q-1;+1. The van der Waals surface area contributed by atoms with E-state index in [0.29, 0.717) is 10.8 Å². The number of hydrogen-bond acceptors (Lipinski definition) is 1. The minimum atomic E-state index is -4.96. The van der Waals surface area contributed by atoms with Crippen LogP contribution in [0.1, 0.15) is 0 Å². The average Bonchev–Trinajstić information content (AvgIpc) is 2.15. The Morgan fingerprint density at radius 2 is 1.75 bits per heavy atom. The fraction of sp³-hybridized carbons (Fsp3) is 0. The quantitative estimate of drug-likeness (QED) is 0.522. The molecule has 0 saturated carbocycles. The average molecular weight is 270 g/mol. The summed E-state index contributed by atoms with van der Waals surface area (Å²) in [7, 11) is 0. The molecule has 0 fully saturated rings. The first-order chi connectivity index (χ1) is 6.97. The van der Waals surface area contributed by atoms with E-state index in [9.17, 15) is 12.9 Å². The van der Waals surface area contributed by atoms with Crippen molar-refractivity contribution >= 4 is 34.8 Å². The van der Waals surface area contributed by atoms with Crippen LogP contribution in [0.15, 0.2) is 30.5 Å². The number of pyridine rings is 1. The Hall–Kier alpha value is 0.411. The van der Waals surface area contributed by atoms with E-state index in [0.717, 1.165) is 12.1 Å². The summed E-state index contributed by atoms with van der Waals surface area (Å²) in [5.74, 6) is 0. The molecular weight excluding hydrogens is 264 g/mol. The molecule has 78 valence electrons.